The van der Waals surface area contributed by atoms with Gasteiger partial charge in [0.05, 0.1) is 5.69 Å². The lowest BCUT2D eigenvalue weighted by molar-refractivity contribution is 0.248. The molecule has 4 heteroatoms. The molecular formula is C13H18N2O2. The maximum Gasteiger partial charge on any atom is 0.319 e. The van der Waals surface area contributed by atoms with Crippen molar-refractivity contribution < 1.29 is 9.90 Å². The molecule has 1 fully saturated rings. The predicted octanol–water partition coefficient (Wildman–Crippen LogP) is 2.76. The number of nitrogens with one attached hydrogen (secondary N) is 2. The van der Waals surface area contributed by atoms with Gasteiger partial charge in [0.15, 0.2) is 0 Å². The van der Waals surface area contributed by atoms with E-state index >= 15 is 0 Å². The minimum absolute atomic E-state index is 0.0946. The Morgan fingerprint density at radius 1 is 1.35 bits per heavy atom. The van der Waals surface area contributed by atoms with Crippen LogP contribution in [0.1, 0.15) is 31.2 Å². The van der Waals surface area contributed by atoms with Crippen molar-refractivity contribution in [1.29, 1.82) is 0 Å². The average molecular weight is 234 g/mol. The highest BCUT2D eigenvalue weighted by molar-refractivity contribution is 5.91. The lowest BCUT2D eigenvalue weighted by atomic mass is 10.2. The van der Waals surface area contributed by atoms with Gasteiger partial charge >= 0.3 is 6.03 Å². The number of carbonyl (C=O) groups is 1. The lowest BCUT2D eigenvalue weighted by Crippen LogP contribution is -2.36. The van der Waals surface area contributed by atoms with Crippen molar-refractivity contribution >= 4 is 11.7 Å². The molecule has 1 aromatic carbocycles. The molecule has 1 aliphatic rings. The van der Waals surface area contributed by atoms with E-state index < -0.39 is 0 Å². The van der Waals surface area contributed by atoms with E-state index in [0.717, 1.165) is 18.4 Å². The van der Waals surface area contributed by atoms with E-state index in [9.17, 15) is 9.90 Å². The molecule has 0 unspecified atom stereocenters. The Morgan fingerprint density at radius 2 is 2.06 bits per heavy atom. The van der Waals surface area contributed by atoms with Gasteiger partial charge in [-0.3, -0.25) is 0 Å². The SMILES string of the molecule is Cc1ccc(O)c(NC(=O)NC2CCCC2)c1. The number of benzene rings is 1. The van der Waals surface area contributed by atoms with Crippen molar-refractivity contribution in [1.82, 2.24) is 5.32 Å². The maximum absolute atomic E-state index is 11.7. The van der Waals surface area contributed by atoms with E-state index in [1.807, 2.05) is 6.92 Å². The summed E-state index contributed by atoms with van der Waals surface area (Å²) in [7, 11) is 0. The summed E-state index contributed by atoms with van der Waals surface area (Å²) in [4.78, 5) is 11.7. The van der Waals surface area contributed by atoms with Gasteiger partial charge in [-0.05, 0) is 37.5 Å². The van der Waals surface area contributed by atoms with Gasteiger partial charge in [-0.1, -0.05) is 18.9 Å². The highest BCUT2D eigenvalue weighted by Crippen LogP contribution is 2.24. The van der Waals surface area contributed by atoms with E-state index in [-0.39, 0.29) is 17.8 Å². The monoisotopic (exact) mass is 234 g/mol. The largest absolute Gasteiger partial charge is 0.506 e. The third-order valence-corrected chi connectivity index (χ3v) is 3.09. The van der Waals surface area contributed by atoms with Crippen LogP contribution < -0.4 is 10.6 Å². The fraction of sp³-hybridized carbons (Fsp3) is 0.462. The normalized spacial score (nSPS) is 15.8. The molecule has 0 heterocycles. The van der Waals surface area contributed by atoms with E-state index in [0.29, 0.717) is 5.69 Å². The molecule has 0 aliphatic heterocycles. The number of phenols is 1. The van der Waals surface area contributed by atoms with Crippen LogP contribution in [-0.2, 0) is 0 Å². The molecule has 2 amide bonds. The van der Waals surface area contributed by atoms with Crippen LogP contribution >= 0.6 is 0 Å². The summed E-state index contributed by atoms with van der Waals surface area (Å²) >= 11 is 0. The van der Waals surface area contributed by atoms with Gasteiger partial charge in [0.25, 0.3) is 0 Å². The summed E-state index contributed by atoms with van der Waals surface area (Å²) in [5, 5.41) is 15.2. The van der Waals surface area contributed by atoms with Crippen LogP contribution in [-0.4, -0.2) is 17.2 Å². The molecule has 17 heavy (non-hydrogen) atoms. The Kier molecular flexibility index (Phi) is 3.52. The number of hydrogen-bond acceptors (Lipinski definition) is 2. The van der Waals surface area contributed by atoms with E-state index in [1.165, 1.54) is 12.8 Å². The van der Waals surface area contributed by atoms with Gasteiger partial charge in [-0.25, -0.2) is 4.79 Å². The molecule has 92 valence electrons. The predicted molar refractivity (Wildman–Crippen MR) is 67.3 cm³/mol. The Labute approximate surface area is 101 Å². The number of rotatable bonds is 2. The van der Waals surface area contributed by atoms with Crippen molar-refractivity contribution in [2.45, 2.75) is 38.6 Å². The number of aryl methyl sites for hydroxylation is 1. The van der Waals surface area contributed by atoms with Gasteiger partial charge in [0.1, 0.15) is 5.75 Å². The van der Waals surface area contributed by atoms with E-state index in [2.05, 4.69) is 10.6 Å². The zero-order valence-corrected chi connectivity index (χ0v) is 9.99. The summed E-state index contributed by atoms with van der Waals surface area (Å²) < 4.78 is 0. The minimum Gasteiger partial charge on any atom is -0.506 e. The number of anilines is 1. The molecule has 4 nitrogen and oxygen atoms in total. The van der Waals surface area contributed by atoms with Crippen molar-refractivity contribution in [2.75, 3.05) is 5.32 Å². The lowest BCUT2D eigenvalue weighted by Gasteiger charge is -2.13. The van der Waals surface area contributed by atoms with E-state index in [4.69, 9.17) is 0 Å². The first kappa shape index (κ1) is 11.8. The first-order valence-corrected chi connectivity index (χ1v) is 6.02. The Balaban J connectivity index is 1.95. The fourth-order valence-electron chi connectivity index (χ4n) is 2.16. The van der Waals surface area contributed by atoms with Gasteiger partial charge in [0, 0.05) is 6.04 Å². The van der Waals surface area contributed by atoms with Gasteiger partial charge in [-0.2, -0.15) is 0 Å². The van der Waals surface area contributed by atoms with Crippen LogP contribution in [0.4, 0.5) is 10.5 Å². The Bertz CT molecular complexity index is 412. The molecule has 0 spiro atoms. The van der Waals surface area contributed by atoms with Crippen LogP contribution in [0.2, 0.25) is 0 Å². The fourth-order valence-corrected chi connectivity index (χ4v) is 2.16. The second-order valence-electron chi connectivity index (χ2n) is 4.60. The molecule has 2 rings (SSSR count). The Morgan fingerprint density at radius 3 is 2.76 bits per heavy atom. The number of aromatic hydroxyl groups is 1. The molecule has 0 radical (unpaired) electrons. The molecular weight excluding hydrogens is 216 g/mol. The molecule has 0 bridgehead atoms. The Hall–Kier alpha value is -1.71. The third kappa shape index (κ3) is 3.12. The van der Waals surface area contributed by atoms with Gasteiger partial charge in [0.2, 0.25) is 0 Å². The maximum atomic E-state index is 11.7. The first-order valence-electron chi connectivity index (χ1n) is 6.02. The summed E-state index contributed by atoms with van der Waals surface area (Å²) in [5.41, 5.74) is 1.46. The second-order valence-corrected chi connectivity index (χ2v) is 4.60. The first-order chi connectivity index (χ1) is 8.15. The molecule has 1 aliphatic carbocycles. The molecule has 0 aromatic heterocycles. The standard InChI is InChI=1S/C13H18N2O2/c1-9-6-7-12(16)11(8-9)15-13(17)14-10-4-2-3-5-10/h6-8,10,16H,2-5H2,1H3,(H2,14,15,17). The zero-order chi connectivity index (χ0) is 12.3. The summed E-state index contributed by atoms with van der Waals surface area (Å²) in [6.45, 7) is 1.92. The van der Waals surface area contributed by atoms with Gasteiger partial charge < -0.3 is 15.7 Å². The summed E-state index contributed by atoms with van der Waals surface area (Å²) in [6, 6.07) is 5.18. The zero-order valence-electron chi connectivity index (χ0n) is 9.99. The quantitative estimate of drug-likeness (QED) is 0.689. The number of hydrogen-bond donors (Lipinski definition) is 3. The number of amides is 2. The second kappa shape index (κ2) is 5.08. The molecule has 1 aromatic rings. The average Bonchev–Trinajstić information content (AvgIpc) is 2.76. The third-order valence-electron chi connectivity index (χ3n) is 3.09. The molecule has 3 N–H and O–H groups in total. The van der Waals surface area contributed by atoms with Crippen LogP contribution in [0.15, 0.2) is 18.2 Å². The van der Waals surface area contributed by atoms with Crippen molar-refractivity contribution in [2.24, 2.45) is 0 Å². The summed E-state index contributed by atoms with van der Waals surface area (Å²) in [5.74, 6) is 0.0946. The van der Waals surface area contributed by atoms with Crippen molar-refractivity contribution in [3.05, 3.63) is 23.8 Å². The molecule has 1 saturated carbocycles. The van der Waals surface area contributed by atoms with Crippen LogP contribution in [0.5, 0.6) is 5.75 Å². The number of urea groups is 1. The van der Waals surface area contributed by atoms with Crippen molar-refractivity contribution in [3.8, 4) is 5.75 Å². The summed E-state index contributed by atoms with van der Waals surface area (Å²) in [6.07, 6.45) is 4.46. The number of carbonyl (C=O) groups excluding carboxylic acids is 1. The van der Waals surface area contributed by atoms with Gasteiger partial charge in [-0.15, -0.1) is 0 Å². The van der Waals surface area contributed by atoms with Crippen LogP contribution in [0, 0.1) is 6.92 Å². The highest BCUT2D eigenvalue weighted by Gasteiger charge is 2.17. The highest BCUT2D eigenvalue weighted by atomic mass is 16.3. The minimum atomic E-state index is -0.238. The topological polar surface area (TPSA) is 61.4 Å². The van der Waals surface area contributed by atoms with E-state index in [1.54, 1.807) is 18.2 Å². The van der Waals surface area contributed by atoms with Crippen LogP contribution in [0.25, 0.3) is 0 Å². The molecule has 0 atom stereocenters. The molecule has 0 saturated heterocycles. The number of phenolic OH excluding ortho intramolecular Hbond substituents is 1. The smallest absolute Gasteiger partial charge is 0.319 e. The van der Waals surface area contributed by atoms with Crippen LogP contribution in [0.3, 0.4) is 0 Å². The van der Waals surface area contributed by atoms with Crippen molar-refractivity contribution in [3.63, 3.8) is 0 Å².